The lowest BCUT2D eigenvalue weighted by atomic mass is 10.2. The summed E-state index contributed by atoms with van der Waals surface area (Å²) < 4.78 is 8.31. The van der Waals surface area contributed by atoms with E-state index in [4.69, 9.17) is 5.11 Å². The predicted octanol–water partition coefficient (Wildman–Crippen LogP) is -0.373. The van der Waals surface area contributed by atoms with E-state index in [1.807, 2.05) is 0 Å². The van der Waals surface area contributed by atoms with Gasteiger partial charge in [-0.25, -0.2) is 4.79 Å². The Kier molecular flexibility index (Phi) is 4.21. The van der Waals surface area contributed by atoms with Gasteiger partial charge in [0.2, 0.25) is 6.10 Å². The van der Waals surface area contributed by atoms with Gasteiger partial charge in [0.15, 0.2) is 0 Å². The highest BCUT2D eigenvalue weighted by Crippen LogP contribution is 2.03. The van der Waals surface area contributed by atoms with Crippen molar-refractivity contribution in [2.75, 3.05) is 14.2 Å². The third-order valence-corrected chi connectivity index (χ3v) is 0.960. The van der Waals surface area contributed by atoms with Gasteiger partial charge in [-0.1, -0.05) is 0 Å². The van der Waals surface area contributed by atoms with Crippen LogP contribution in [-0.4, -0.2) is 31.3 Å². The second-order valence-electron chi connectivity index (χ2n) is 1.69. The first-order chi connectivity index (χ1) is 5.11. The molecule has 0 unspecified atom stereocenters. The van der Waals surface area contributed by atoms with Gasteiger partial charge < -0.3 is 14.6 Å². The van der Waals surface area contributed by atoms with E-state index in [-0.39, 0.29) is 0 Å². The van der Waals surface area contributed by atoms with Crippen LogP contribution in [0.3, 0.4) is 0 Å². The van der Waals surface area contributed by atoms with Crippen LogP contribution in [0, 0.1) is 6.10 Å². The minimum Gasteiger partial charge on any atom is -0.469 e. The van der Waals surface area contributed by atoms with E-state index in [1.54, 1.807) is 0 Å². The summed E-state index contributed by atoms with van der Waals surface area (Å²) in [7, 11) is 2.27. The molecule has 0 aliphatic heterocycles. The van der Waals surface area contributed by atoms with Crippen molar-refractivity contribution in [2.24, 2.45) is 0 Å². The average molecular weight is 161 g/mol. The third kappa shape index (κ3) is 3.57. The van der Waals surface area contributed by atoms with Gasteiger partial charge in [0, 0.05) is 0 Å². The Morgan fingerprint density at radius 2 is 1.82 bits per heavy atom. The lowest BCUT2D eigenvalue weighted by molar-refractivity contribution is -0.149. The van der Waals surface area contributed by atoms with Crippen molar-refractivity contribution >= 4 is 11.9 Å². The van der Waals surface area contributed by atoms with Gasteiger partial charge >= 0.3 is 11.9 Å². The highest BCUT2D eigenvalue weighted by Gasteiger charge is 2.21. The molecule has 0 spiro atoms. The normalized spacial score (nSPS) is 9.45. The molecule has 11 heavy (non-hydrogen) atoms. The fourth-order valence-corrected chi connectivity index (χ4v) is 0.399. The molecule has 0 rings (SSSR count). The first-order valence-electron chi connectivity index (χ1n) is 2.81. The number of carbonyl (C=O) groups is 2. The molecule has 0 saturated heterocycles. The summed E-state index contributed by atoms with van der Waals surface area (Å²) >= 11 is 0. The molecule has 1 N–H and O–H groups in total. The summed E-state index contributed by atoms with van der Waals surface area (Å²) in [5.74, 6) is -1.61. The van der Waals surface area contributed by atoms with Crippen LogP contribution < -0.4 is 0 Å². The molecule has 0 aliphatic carbocycles. The molecule has 0 aromatic carbocycles. The van der Waals surface area contributed by atoms with Crippen LogP contribution in [-0.2, 0) is 19.1 Å². The van der Waals surface area contributed by atoms with Crippen molar-refractivity contribution in [1.29, 1.82) is 0 Å². The molecule has 5 heteroatoms. The maximum absolute atomic E-state index is 10.4. The number of aliphatic hydroxyl groups is 1. The highest BCUT2D eigenvalue weighted by molar-refractivity contribution is 5.88. The number of ether oxygens (including phenoxy) is 2. The van der Waals surface area contributed by atoms with Crippen LogP contribution in [0.5, 0.6) is 0 Å². The second kappa shape index (κ2) is 4.68. The van der Waals surface area contributed by atoms with Gasteiger partial charge in [-0.05, 0) is 0 Å². The van der Waals surface area contributed by atoms with E-state index in [1.165, 1.54) is 0 Å². The van der Waals surface area contributed by atoms with Gasteiger partial charge in [0.25, 0.3) is 0 Å². The molecule has 0 fully saturated rings. The summed E-state index contributed by atoms with van der Waals surface area (Å²) in [4.78, 5) is 20.9. The van der Waals surface area contributed by atoms with Gasteiger partial charge in [0.1, 0.15) is 0 Å². The number of carbonyl (C=O) groups excluding carboxylic acids is 2. The number of esters is 2. The fraction of sp³-hybridized carbons (Fsp3) is 0.500. The number of aliphatic hydroxyl groups excluding tert-OH is 1. The smallest absolute Gasteiger partial charge is 0.342 e. The summed E-state index contributed by atoms with van der Waals surface area (Å²) in [6.07, 6.45) is -1.11. The van der Waals surface area contributed by atoms with Crippen molar-refractivity contribution in [3.8, 4) is 0 Å². The van der Waals surface area contributed by atoms with E-state index < -0.39 is 24.5 Å². The maximum atomic E-state index is 10.4. The van der Waals surface area contributed by atoms with E-state index in [0.29, 0.717) is 0 Å². The Hall–Kier alpha value is -1.10. The molecule has 0 aromatic heterocycles. The van der Waals surface area contributed by atoms with Crippen LogP contribution in [0.15, 0.2) is 0 Å². The standard InChI is InChI=1S/C6H9O5/c1-10-5(8)3-4(7)6(9)11-2/h7H,3H2,1-2H3. The Labute approximate surface area is 63.9 Å². The predicted molar refractivity (Wildman–Crippen MR) is 33.8 cm³/mol. The van der Waals surface area contributed by atoms with E-state index in [2.05, 4.69) is 9.47 Å². The highest BCUT2D eigenvalue weighted by atomic mass is 16.5. The quantitative estimate of drug-likeness (QED) is 0.571. The topological polar surface area (TPSA) is 72.8 Å². The van der Waals surface area contributed by atoms with Gasteiger partial charge in [-0.15, -0.1) is 0 Å². The van der Waals surface area contributed by atoms with Gasteiger partial charge in [0.05, 0.1) is 20.6 Å². The summed E-state index contributed by atoms with van der Waals surface area (Å²) in [5.41, 5.74) is 0. The van der Waals surface area contributed by atoms with Crippen LogP contribution in [0.1, 0.15) is 6.42 Å². The SMILES string of the molecule is COC(=O)C[C](O)C(=O)OC. The van der Waals surface area contributed by atoms with Gasteiger partial charge in [-0.2, -0.15) is 0 Å². The molecule has 0 saturated carbocycles. The Morgan fingerprint density at radius 3 is 2.18 bits per heavy atom. The molecular formula is C6H9O5. The van der Waals surface area contributed by atoms with Gasteiger partial charge in [-0.3, -0.25) is 4.79 Å². The maximum Gasteiger partial charge on any atom is 0.342 e. The minimum atomic E-state index is -0.921. The van der Waals surface area contributed by atoms with Crippen molar-refractivity contribution in [3.63, 3.8) is 0 Å². The first-order valence-corrected chi connectivity index (χ1v) is 2.81. The molecule has 0 amide bonds. The van der Waals surface area contributed by atoms with E-state index >= 15 is 0 Å². The van der Waals surface area contributed by atoms with Crippen molar-refractivity contribution < 1.29 is 24.2 Å². The third-order valence-electron chi connectivity index (χ3n) is 0.960. The molecule has 1 radical (unpaired) electrons. The first kappa shape index (κ1) is 9.90. The molecule has 0 aliphatic rings. The Balaban J connectivity index is 3.77. The van der Waals surface area contributed by atoms with Crippen molar-refractivity contribution in [3.05, 3.63) is 6.10 Å². The largest absolute Gasteiger partial charge is 0.469 e. The average Bonchev–Trinajstić information content (AvgIpc) is 2.02. The number of hydrogen-bond acceptors (Lipinski definition) is 5. The van der Waals surface area contributed by atoms with Crippen LogP contribution in [0.4, 0.5) is 0 Å². The zero-order chi connectivity index (χ0) is 8.85. The molecule has 0 heterocycles. The summed E-state index contributed by atoms with van der Waals surface area (Å²) in [6, 6.07) is 0. The van der Waals surface area contributed by atoms with E-state index in [0.717, 1.165) is 14.2 Å². The number of hydrogen-bond donors (Lipinski definition) is 1. The van der Waals surface area contributed by atoms with Crippen LogP contribution in [0.2, 0.25) is 0 Å². The second-order valence-corrected chi connectivity index (χ2v) is 1.69. The zero-order valence-electron chi connectivity index (χ0n) is 6.29. The van der Waals surface area contributed by atoms with Crippen molar-refractivity contribution in [2.45, 2.75) is 6.42 Å². The molecule has 5 nitrogen and oxygen atoms in total. The fourth-order valence-electron chi connectivity index (χ4n) is 0.399. The lowest BCUT2D eigenvalue weighted by Gasteiger charge is -2.03. The molecule has 0 bridgehead atoms. The minimum absolute atomic E-state index is 0.455. The Bertz CT molecular complexity index is 153. The monoisotopic (exact) mass is 161 g/mol. The number of rotatable bonds is 3. The van der Waals surface area contributed by atoms with Crippen molar-refractivity contribution in [1.82, 2.24) is 0 Å². The molecule has 63 valence electrons. The zero-order valence-corrected chi connectivity index (χ0v) is 6.29. The number of methoxy groups -OCH3 is 2. The van der Waals surface area contributed by atoms with E-state index in [9.17, 15) is 9.59 Å². The summed E-state index contributed by atoms with van der Waals surface area (Å²) in [5, 5.41) is 8.76. The molecule has 0 atom stereocenters. The van der Waals surface area contributed by atoms with Crippen LogP contribution in [0.25, 0.3) is 0 Å². The molecular weight excluding hydrogens is 152 g/mol. The molecule has 0 aromatic rings. The lowest BCUT2D eigenvalue weighted by Crippen LogP contribution is -2.17. The summed E-state index contributed by atoms with van der Waals surface area (Å²) in [6.45, 7) is 0. The van der Waals surface area contributed by atoms with Crippen LogP contribution >= 0.6 is 0 Å². The Morgan fingerprint density at radius 1 is 1.27 bits per heavy atom.